The number of nitrogens with zero attached hydrogens (tertiary/aromatic N) is 5. The summed E-state index contributed by atoms with van der Waals surface area (Å²) in [6.45, 7) is 10.1. The van der Waals surface area contributed by atoms with Gasteiger partial charge in [0.2, 0.25) is 16.0 Å². The van der Waals surface area contributed by atoms with Gasteiger partial charge in [-0.1, -0.05) is 0 Å². The van der Waals surface area contributed by atoms with Crippen molar-refractivity contribution in [1.82, 2.24) is 24.5 Å². The van der Waals surface area contributed by atoms with Crippen LogP contribution in [0, 0.1) is 20.8 Å². The molecule has 0 aromatic carbocycles. The Kier molecular flexibility index (Phi) is 5.15. The normalized spacial score (nSPS) is 16.1. The molecule has 0 unspecified atom stereocenters. The molecule has 0 saturated carbocycles. The third-order valence-electron chi connectivity index (χ3n) is 4.40. The Labute approximate surface area is 153 Å². The van der Waals surface area contributed by atoms with Crippen LogP contribution in [0.2, 0.25) is 0 Å². The lowest BCUT2D eigenvalue weighted by Gasteiger charge is -2.34. The maximum absolute atomic E-state index is 12.9. The molecule has 0 spiro atoms. The van der Waals surface area contributed by atoms with Crippen LogP contribution in [-0.2, 0) is 10.0 Å². The Morgan fingerprint density at radius 3 is 2.42 bits per heavy atom. The molecule has 1 saturated heterocycles. The second kappa shape index (κ2) is 7.20. The second-order valence-corrected chi connectivity index (χ2v) is 8.25. The van der Waals surface area contributed by atoms with Crippen LogP contribution < -0.4 is 10.2 Å². The van der Waals surface area contributed by atoms with Crippen LogP contribution in [0.25, 0.3) is 0 Å². The van der Waals surface area contributed by atoms with Crippen LogP contribution in [0.1, 0.15) is 24.0 Å². The Bertz CT molecular complexity index is 866. The highest BCUT2D eigenvalue weighted by molar-refractivity contribution is 7.89. The lowest BCUT2D eigenvalue weighted by atomic mass is 10.3. The largest absolute Gasteiger partial charge is 0.354 e. The molecule has 10 heteroatoms. The highest BCUT2D eigenvalue weighted by atomic mass is 32.2. The fraction of sp³-hybridized carbons (Fsp3) is 0.562. The average molecular weight is 379 g/mol. The van der Waals surface area contributed by atoms with E-state index in [4.69, 9.17) is 0 Å². The van der Waals surface area contributed by atoms with E-state index in [1.165, 1.54) is 4.31 Å². The Morgan fingerprint density at radius 1 is 1.15 bits per heavy atom. The molecule has 2 aromatic heterocycles. The standard InChI is InChI=1S/C16H25N7O2S/c1-5-17-16-18-11(2)10-14(19-16)22-6-8-23(9-7-22)26(24,25)15-12(3)20-21-13(15)4/h10H,5-9H2,1-4H3,(H,20,21)(H,17,18,19). The zero-order valence-corrected chi connectivity index (χ0v) is 16.4. The SMILES string of the molecule is CCNc1nc(C)cc(N2CCN(S(=O)(=O)c3c(C)n[nH]c3C)CC2)n1. The highest BCUT2D eigenvalue weighted by Gasteiger charge is 2.32. The van der Waals surface area contributed by atoms with Crippen molar-refractivity contribution in [2.24, 2.45) is 0 Å². The van der Waals surface area contributed by atoms with Crippen LogP contribution in [0.3, 0.4) is 0 Å². The lowest BCUT2D eigenvalue weighted by molar-refractivity contribution is 0.383. The van der Waals surface area contributed by atoms with E-state index in [1.54, 1.807) is 13.8 Å². The Balaban J connectivity index is 1.75. The summed E-state index contributed by atoms with van der Waals surface area (Å²) in [5.74, 6) is 1.42. The summed E-state index contributed by atoms with van der Waals surface area (Å²) in [5, 5.41) is 9.89. The number of piperazine rings is 1. The fourth-order valence-corrected chi connectivity index (χ4v) is 4.91. The van der Waals surface area contributed by atoms with Crippen LogP contribution >= 0.6 is 0 Å². The van der Waals surface area contributed by atoms with Gasteiger partial charge >= 0.3 is 0 Å². The van der Waals surface area contributed by atoms with E-state index in [0.29, 0.717) is 48.4 Å². The van der Waals surface area contributed by atoms with Gasteiger partial charge in [-0.3, -0.25) is 5.10 Å². The van der Waals surface area contributed by atoms with Crippen molar-refractivity contribution in [3.63, 3.8) is 0 Å². The number of aromatic amines is 1. The van der Waals surface area contributed by atoms with Crippen molar-refractivity contribution in [3.05, 3.63) is 23.1 Å². The van der Waals surface area contributed by atoms with Gasteiger partial charge in [0, 0.05) is 44.5 Å². The van der Waals surface area contributed by atoms with Crippen LogP contribution in [0.4, 0.5) is 11.8 Å². The first kappa shape index (κ1) is 18.6. The van der Waals surface area contributed by atoms with Crippen molar-refractivity contribution >= 4 is 21.8 Å². The Hall–Kier alpha value is -2.20. The predicted octanol–water partition coefficient (Wildman–Crippen LogP) is 1.07. The summed E-state index contributed by atoms with van der Waals surface area (Å²) in [6, 6.07) is 1.93. The summed E-state index contributed by atoms with van der Waals surface area (Å²) in [6.07, 6.45) is 0. The first-order valence-electron chi connectivity index (χ1n) is 8.69. The third kappa shape index (κ3) is 3.51. The zero-order valence-electron chi connectivity index (χ0n) is 15.6. The summed E-state index contributed by atoms with van der Waals surface area (Å²) in [4.78, 5) is 11.3. The molecule has 1 aliphatic heterocycles. The maximum atomic E-state index is 12.9. The summed E-state index contributed by atoms with van der Waals surface area (Å²) in [5.41, 5.74) is 1.96. The van der Waals surface area contributed by atoms with Gasteiger partial charge in [0.15, 0.2) is 0 Å². The molecule has 2 N–H and O–H groups in total. The van der Waals surface area contributed by atoms with Crippen molar-refractivity contribution in [3.8, 4) is 0 Å². The van der Waals surface area contributed by atoms with Gasteiger partial charge in [0.25, 0.3) is 0 Å². The number of nitrogens with one attached hydrogen (secondary N) is 2. The van der Waals surface area contributed by atoms with Gasteiger partial charge in [0.1, 0.15) is 10.7 Å². The molecule has 2 aromatic rings. The predicted molar refractivity (Wildman–Crippen MR) is 100.0 cm³/mol. The molecule has 0 amide bonds. The van der Waals surface area contributed by atoms with Gasteiger partial charge in [-0.25, -0.2) is 13.4 Å². The number of aromatic nitrogens is 4. The number of rotatable bonds is 5. The van der Waals surface area contributed by atoms with Crippen LogP contribution in [0.5, 0.6) is 0 Å². The van der Waals surface area contributed by atoms with E-state index >= 15 is 0 Å². The van der Waals surface area contributed by atoms with Crippen molar-refractivity contribution in [1.29, 1.82) is 0 Å². The van der Waals surface area contributed by atoms with Crippen molar-refractivity contribution in [2.45, 2.75) is 32.6 Å². The first-order valence-corrected chi connectivity index (χ1v) is 10.1. The van der Waals surface area contributed by atoms with E-state index < -0.39 is 10.0 Å². The molecular formula is C16H25N7O2S. The van der Waals surface area contributed by atoms with E-state index in [1.807, 2.05) is 19.9 Å². The zero-order chi connectivity index (χ0) is 18.9. The van der Waals surface area contributed by atoms with E-state index in [-0.39, 0.29) is 0 Å². The smallest absolute Gasteiger partial charge is 0.246 e. The van der Waals surface area contributed by atoms with Crippen molar-refractivity contribution < 1.29 is 8.42 Å². The molecule has 142 valence electrons. The molecule has 1 fully saturated rings. The number of H-pyrrole nitrogens is 1. The molecule has 3 heterocycles. The molecule has 0 aliphatic carbocycles. The minimum atomic E-state index is -3.54. The topological polar surface area (TPSA) is 107 Å². The second-order valence-electron chi connectivity index (χ2n) is 6.38. The molecule has 1 aliphatic rings. The van der Waals surface area contributed by atoms with Gasteiger partial charge in [-0.05, 0) is 27.7 Å². The number of hydrogen-bond donors (Lipinski definition) is 2. The summed E-state index contributed by atoms with van der Waals surface area (Å²) >= 11 is 0. The minimum absolute atomic E-state index is 0.290. The molecule has 0 radical (unpaired) electrons. The number of anilines is 2. The molecular weight excluding hydrogens is 354 g/mol. The van der Waals surface area contributed by atoms with Gasteiger partial charge in [-0.15, -0.1) is 0 Å². The van der Waals surface area contributed by atoms with Crippen LogP contribution in [-0.4, -0.2) is 65.6 Å². The van der Waals surface area contributed by atoms with Gasteiger partial charge in [0.05, 0.1) is 11.4 Å². The lowest BCUT2D eigenvalue weighted by Crippen LogP contribution is -2.49. The third-order valence-corrected chi connectivity index (χ3v) is 6.56. The molecule has 9 nitrogen and oxygen atoms in total. The molecule has 0 atom stereocenters. The molecule has 0 bridgehead atoms. The minimum Gasteiger partial charge on any atom is -0.354 e. The van der Waals surface area contributed by atoms with E-state index in [9.17, 15) is 8.42 Å². The maximum Gasteiger partial charge on any atom is 0.246 e. The van der Waals surface area contributed by atoms with Crippen LogP contribution in [0.15, 0.2) is 11.0 Å². The van der Waals surface area contributed by atoms with Crippen molar-refractivity contribution in [2.75, 3.05) is 42.9 Å². The first-order chi connectivity index (χ1) is 12.3. The monoisotopic (exact) mass is 379 g/mol. The summed E-state index contributed by atoms with van der Waals surface area (Å²) in [7, 11) is -3.54. The van der Waals surface area contributed by atoms with Gasteiger partial charge < -0.3 is 10.2 Å². The summed E-state index contributed by atoms with van der Waals surface area (Å²) < 4.78 is 27.4. The average Bonchev–Trinajstić information content (AvgIpc) is 2.94. The fourth-order valence-electron chi connectivity index (χ4n) is 3.16. The number of aryl methyl sites for hydroxylation is 3. The number of sulfonamides is 1. The Morgan fingerprint density at radius 2 is 1.85 bits per heavy atom. The van der Waals surface area contributed by atoms with E-state index in [2.05, 4.69) is 30.4 Å². The highest BCUT2D eigenvalue weighted by Crippen LogP contribution is 2.24. The quantitative estimate of drug-likeness (QED) is 0.800. The van der Waals surface area contributed by atoms with E-state index in [0.717, 1.165) is 18.1 Å². The van der Waals surface area contributed by atoms with Gasteiger partial charge in [-0.2, -0.15) is 14.4 Å². The molecule has 26 heavy (non-hydrogen) atoms. The molecule has 3 rings (SSSR count). The number of hydrogen-bond acceptors (Lipinski definition) is 7.